The number of hydrogen-bond donors (Lipinski definition) is 0. The Balaban J connectivity index is 1.56. The average molecular weight is 506 g/mol. The molecule has 1 atom stereocenters. The maximum absolute atomic E-state index is 13.0. The van der Waals surface area contributed by atoms with Crippen molar-refractivity contribution in [3.8, 4) is 0 Å². The van der Waals surface area contributed by atoms with E-state index in [4.69, 9.17) is 11.6 Å². The van der Waals surface area contributed by atoms with Crippen molar-refractivity contribution in [2.24, 2.45) is 0 Å². The molecule has 0 unspecified atom stereocenters. The molecular weight excluding hydrogens is 484 g/mol. The Morgan fingerprint density at radius 3 is 1.93 bits per heavy atom. The first-order chi connectivity index (χ1) is 14.4. The van der Waals surface area contributed by atoms with Crippen LogP contribution in [-0.4, -0.2) is 43.8 Å². The zero-order chi connectivity index (χ0) is 21.1. The molecule has 7 heteroatoms. The minimum absolute atomic E-state index is 0.0830. The minimum Gasteiger partial charge on any atom is -0.290 e. The summed E-state index contributed by atoms with van der Waals surface area (Å²) in [7, 11) is -3.52. The van der Waals surface area contributed by atoms with Gasteiger partial charge in [-0.25, -0.2) is 8.42 Å². The zero-order valence-corrected chi connectivity index (χ0v) is 19.4. The molecule has 4 rings (SSSR count). The van der Waals surface area contributed by atoms with Crippen molar-refractivity contribution >= 4 is 37.6 Å². The van der Waals surface area contributed by atoms with E-state index in [1.54, 1.807) is 28.6 Å². The van der Waals surface area contributed by atoms with Gasteiger partial charge in [-0.05, 0) is 47.5 Å². The van der Waals surface area contributed by atoms with Crippen LogP contribution in [0.1, 0.15) is 17.2 Å². The fourth-order valence-corrected chi connectivity index (χ4v) is 5.66. The molecule has 0 radical (unpaired) electrons. The third-order valence-electron chi connectivity index (χ3n) is 5.39. The second kappa shape index (κ2) is 9.20. The van der Waals surface area contributed by atoms with Crippen molar-refractivity contribution < 1.29 is 8.42 Å². The van der Waals surface area contributed by atoms with Gasteiger partial charge in [0, 0.05) is 35.7 Å². The van der Waals surface area contributed by atoms with Gasteiger partial charge in [-0.2, -0.15) is 4.31 Å². The fraction of sp³-hybridized carbons (Fsp3) is 0.217. The lowest BCUT2D eigenvalue weighted by atomic mass is 9.96. The van der Waals surface area contributed by atoms with E-state index < -0.39 is 10.0 Å². The van der Waals surface area contributed by atoms with Crippen molar-refractivity contribution in [1.29, 1.82) is 0 Å². The summed E-state index contributed by atoms with van der Waals surface area (Å²) in [5, 5.41) is 0.527. The number of rotatable bonds is 5. The quantitative estimate of drug-likeness (QED) is 0.479. The molecule has 0 amide bonds. The summed E-state index contributed by atoms with van der Waals surface area (Å²) in [6, 6.07) is 25.2. The lowest BCUT2D eigenvalue weighted by molar-refractivity contribution is 0.156. The first-order valence-electron chi connectivity index (χ1n) is 9.75. The molecule has 0 aromatic heterocycles. The lowest BCUT2D eigenvalue weighted by Crippen LogP contribution is -2.49. The molecule has 1 fully saturated rings. The molecule has 1 saturated heterocycles. The molecule has 1 aliphatic rings. The fourth-order valence-electron chi connectivity index (χ4n) is 3.85. The van der Waals surface area contributed by atoms with Crippen molar-refractivity contribution in [1.82, 2.24) is 9.21 Å². The number of nitrogens with zero attached hydrogens (tertiary/aromatic N) is 2. The van der Waals surface area contributed by atoms with Gasteiger partial charge in [-0.1, -0.05) is 70.0 Å². The Hall–Kier alpha value is -1.70. The monoisotopic (exact) mass is 504 g/mol. The molecule has 0 saturated carbocycles. The largest absolute Gasteiger partial charge is 0.290 e. The maximum atomic E-state index is 13.0. The first kappa shape index (κ1) is 21.5. The van der Waals surface area contributed by atoms with E-state index in [2.05, 4.69) is 45.1 Å². The minimum atomic E-state index is -3.52. The SMILES string of the molecule is O=S(=O)(c1ccc(Cl)cc1)N1CCN([C@@H](c2ccccc2)c2ccc(Br)cc2)CC1. The average Bonchev–Trinajstić information content (AvgIpc) is 2.77. The van der Waals surface area contributed by atoms with E-state index in [9.17, 15) is 8.42 Å². The van der Waals surface area contributed by atoms with Crippen LogP contribution < -0.4 is 0 Å². The van der Waals surface area contributed by atoms with Crippen LogP contribution in [0.4, 0.5) is 0 Å². The summed E-state index contributed by atoms with van der Waals surface area (Å²) < 4.78 is 28.6. The molecule has 0 aliphatic carbocycles. The highest BCUT2D eigenvalue weighted by atomic mass is 79.9. The summed E-state index contributed by atoms with van der Waals surface area (Å²) in [5.41, 5.74) is 2.40. The highest BCUT2D eigenvalue weighted by Crippen LogP contribution is 2.31. The number of benzene rings is 3. The Morgan fingerprint density at radius 1 is 0.767 bits per heavy atom. The highest BCUT2D eigenvalue weighted by Gasteiger charge is 2.32. The van der Waals surface area contributed by atoms with Crippen LogP contribution in [0.3, 0.4) is 0 Å². The summed E-state index contributed by atoms with van der Waals surface area (Å²) >= 11 is 9.42. The predicted octanol–water partition coefficient (Wildman–Crippen LogP) is 5.20. The van der Waals surface area contributed by atoms with E-state index in [1.807, 2.05) is 30.3 Å². The maximum Gasteiger partial charge on any atom is 0.243 e. The molecule has 0 spiro atoms. The standard InChI is InChI=1S/C23H22BrClN2O2S/c24-20-8-6-19(7-9-20)23(18-4-2-1-3-5-18)26-14-16-27(17-15-26)30(28,29)22-12-10-21(25)11-13-22/h1-13,23H,14-17H2/t23-/m0/s1. The Labute approximate surface area is 191 Å². The number of sulfonamides is 1. The number of piperazine rings is 1. The number of hydrogen-bond acceptors (Lipinski definition) is 3. The smallest absolute Gasteiger partial charge is 0.243 e. The molecule has 0 N–H and O–H groups in total. The molecule has 0 bridgehead atoms. The Kier molecular flexibility index (Phi) is 6.60. The molecule has 30 heavy (non-hydrogen) atoms. The van der Waals surface area contributed by atoms with Gasteiger partial charge in [0.1, 0.15) is 0 Å². The van der Waals surface area contributed by atoms with Gasteiger partial charge in [0.15, 0.2) is 0 Å². The summed E-state index contributed by atoms with van der Waals surface area (Å²) in [5.74, 6) is 0. The van der Waals surface area contributed by atoms with Crippen LogP contribution in [0.25, 0.3) is 0 Å². The van der Waals surface area contributed by atoms with Crippen LogP contribution in [0.15, 0.2) is 88.2 Å². The molecule has 3 aromatic carbocycles. The van der Waals surface area contributed by atoms with Gasteiger partial charge < -0.3 is 0 Å². The normalized spacial score (nSPS) is 17.0. The van der Waals surface area contributed by atoms with E-state index >= 15 is 0 Å². The predicted molar refractivity (Wildman–Crippen MR) is 124 cm³/mol. The van der Waals surface area contributed by atoms with Gasteiger partial charge in [0.05, 0.1) is 10.9 Å². The van der Waals surface area contributed by atoms with Gasteiger partial charge in [-0.3, -0.25) is 4.90 Å². The van der Waals surface area contributed by atoms with E-state index in [0.717, 1.165) is 4.47 Å². The summed E-state index contributed by atoms with van der Waals surface area (Å²) in [4.78, 5) is 2.64. The van der Waals surface area contributed by atoms with Gasteiger partial charge in [-0.15, -0.1) is 0 Å². The van der Waals surface area contributed by atoms with Crippen molar-refractivity contribution in [3.05, 3.63) is 99.5 Å². The summed E-state index contributed by atoms with van der Waals surface area (Å²) in [6.07, 6.45) is 0. The Morgan fingerprint density at radius 2 is 1.33 bits per heavy atom. The van der Waals surface area contributed by atoms with Crippen molar-refractivity contribution in [2.45, 2.75) is 10.9 Å². The number of halogens is 2. The molecule has 4 nitrogen and oxygen atoms in total. The molecular formula is C23H22BrClN2O2S. The Bertz CT molecular complexity index is 1080. The second-order valence-corrected chi connectivity index (χ2v) is 10.5. The van der Waals surface area contributed by atoms with Crippen LogP contribution in [-0.2, 0) is 10.0 Å². The van der Waals surface area contributed by atoms with Gasteiger partial charge in [0.2, 0.25) is 10.0 Å². The highest BCUT2D eigenvalue weighted by molar-refractivity contribution is 9.10. The van der Waals surface area contributed by atoms with Crippen LogP contribution in [0.5, 0.6) is 0 Å². The summed E-state index contributed by atoms with van der Waals surface area (Å²) in [6.45, 7) is 2.21. The third-order valence-corrected chi connectivity index (χ3v) is 8.08. The topological polar surface area (TPSA) is 40.6 Å². The van der Waals surface area contributed by atoms with Crippen LogP contribution in [0, 0.1) is 0 Å². The first-order valence-corrected chi connectivity index (χ1v) is 12.4. The van der Waals surface area contributed by atoms with E-state index in [1.165, 1.54) is 11.1 Å². The van der Waals surface area contributed by atoms with Crippen LogP contribution >= 0.6 is 27.5 Å². The molecule has 1 heterocycles. The van der Waals surface area contributed by atoms with Crippen LogP contribution in [0.2, 0.25) is 5.02 Å². The second-order valence-electron chi connectivity index (χ2n) is 7.26. The van der Waals surface area contributed by atoms with Gasteiger partial charge in [0.25, 0.3) is 0 Å². The lowest BCUT2D eigenvalue weighted by Gasteiger charge is -2.39. The van der Waals surface area contributed by atoms with E-state index in [0.29, 0.717) is 31.2 Å². The van der Waals surface area contributed by atoms with Crippen molar-refractivity contribution in [2.75, 3.05) is 26.2 Å². The van der Waals surface area contributed by atoms with Crippen molar-refractivity contribution in [3.63, 3.8) is 0 Å². The molecule has 156 valence electrons. The third kappa shape index (κ3) is 4.63. The molecule has 1 aliphatic heterocycles. The zero-order valence-electron chi connectivity index (χ0n) is 16.3. The van der Waals surface area contributed by atoms with E-state index in [-0.39, 0.29) is 10.9 Å². The van der Waals surface area contributed by atoms with Gasteiger partial charge >= 0.3 is 0 Å². The molecule has 3 aromatic rings.